The summed E-state index contributed by atoms with van der Waals surface area (Å²) in [6.45, 7) is 5.18. The predicted molar refractivity (Wildman–Crippen MR) is 117 cm³/mol. The minimum Gasteiger partial charge on any atom is -0.497 e. The minimum atomic E-state index is 0.0251. The van der Waals surface area contributed by atoms with Crippen LogP contribution >= 0.6 is 0 Å². The summed E-state index contributed by atoms with van der Waals surface area (Å²) in [7, 11) is 1.62. The molecule has 1 aliphatic rings. The molecule has 7 heteroatoms. The Balaban J connectivity index is 1.24. The van der Waals surface area contributed by atoms with Crippen molar-refractivity contribution in [3.05, 3.63) is 65.5 Å². The van der Waals surface area contributed by atoms with Crippen LogP contribution < -0.4 is 10.1 Å². The normalized spacial score (nSPS) is 15.0. The molecule has 2 aromatic carbocycles. The lowest BCUT2D eigenvalue weighted by atomic mass is 9.95. The van der Waals surface area contributed by atoms with Crippen molar-refractivity contribution in [1.29, 1.82) is 0 Å². The molecule has 1 N–H and O–H groups in total. The van der Waals surface area contributed by atoms with E-state index < -0.39 is 0 Å². The van der Waals surface area contributed by atoms with Crippen LogP contribution in [0.25, 0.3) is 11.4 Å². The van der Waals surface area contributed by atoms with Crippen LogP contribution in [0.3, 0.4) is 0 Å². The first-order valence-corrected chi connectivity index (χ1v) is 10.6. The maximum atomic E-state index is 12.6. The molecule has 1 fully saturated rings. The monoisotopic (exact) mass is 420 g/mol. The first-order valence-electron chi connectivity index (χ1n) is 10.6. The van der Waals surface area contributed by atoms with E-state index in [9.17, 15) is 4.79 Å². The number of aromatic nitrogens is 2. The number of methoxy groups -OCH3 is 1. The fourth-order valence-electron chi connectivity index (χ4n) is 3.87. The van der Waals surface area contributed by atoms with Gasteiger partial charge in [-0.05, 0) is 68.2 Å². The highest BCUT2D eigenvalue weighted by Crippen LogP contribution is 2.21. The van der Waals surface area contributed by atoms with Crippen molar-refractivity contribution < 1.29 is 14.1 Å². The van der Waals surface area contributed by atoms with Gasteiger partial charge in [-0.1, -0.05) is 29.4 Å². The Kier molecular flexibility index (Phi) is 6.62. The number of nitrogens with zero attached hydrogens (tertiary/aromatic N) is 3. The second-order valence-corrected chi connectivity index (χ2v) is 7.93. The second kappa shape index (κ2) is 9.75. The lowest BCUT2D eigenvalue weighted by molar-refractivity contribution is -0.126. The van der Waals surface area contributed by atoms with Gasteiger partial charge in [-0.15, -0.1) is 0 Å². The van der Waals surface area contributed by atoms with E-state index in [1.807, 2.05) is 24.3 Å². The zero-order valence-electron chi connectivity index (χ0n) is 18.0. The van der Waals surface area contributed by atoms with Crippen LogP contribution in [0.5, 0.6) is 5.75 Å². The van der Waals surface area contributed by atoms with E-state index in [1.165, 1.54) is 11.1 Å². The molecule has 0 radical (unpaired) electrons. The molecule has 0 atom stereocenters. The smallest absolute Gasteiger partial charge is 0.246 e. The number of likely N-dealkylation sites (tertiary alicyclic amines) is 1. The standard InChI is InChI=1S/C24H28N4O3/c1-17-5-3-4-6-20(17)16-28-13-11-19(12-14-28)24(29)25-15-22-26-23(27-31-22)18-7-9-21(30-2)10-8-18/h3-10,19H,11-16H2,1-2H3,(H,25,29). The third-order valence-corrected chi connectivity index (χ3v) is 5.84. The van der Waals surface area contributed by atoms with Crippen molar-refractivity contribution in [2.24, 2.45) is 5.92 Å². The summed E-state index contributed by atoms with van der Waals surface area (Å²) in [5.74, 6) is 1.74. The maximum absolute atomic E-state index is 12.6. The predicted octanol–water partition coefficient (Wildman–Crippen LogP) is 3.58. The number of hydrogen-bond donors (Lipinski definition) is 1. The van der Waals surface area contributed by atoms with Crippen molar-refractivity contribution in [1.82, 2.24) is 20.4 Å². The van der Waals surface area contributed by atoms with Crippen molar-refractivity contribution in [3.63, 3.8) is 0 Å². The number of hydrogen-bond acceptors (Lipinski definition) is 6. The van der Waals surface area contributed by atoms with Crippen LogP contribution in [0.4, 0.5) is 0 Å². The lowest BCUT2D eigenvalue weighted by Crippen LogP contribution is -2.40. The fourth-order valence-corrected chi connectivity index (χ4v) is 3.87. The largest absolute Gasteiger partial charge is 0.497 e. The third kappa shape index (κ3) is 5.30. The molecule has 4 rings (SSSR count). The van der Waals surface area contributed by atoms with Crippen LogP contribution in [0, 0.1) is 12.8 Å². The number of carbonyl (C=O) groups excluding carboxylic acids is 1. The summed E-state index contributed by atoms with van der Waals surface area (Å²) in [5, 5.41) is 6.96. The van der Waals surface area contributed by atoms with E-state index in [0.29, 0.717) is 11.7 Å². The molecule has 0 unspecified atom stereocenters. The molecule has 7 nitrogen and oxygen atoms in total. The lowest BCUT2D eigenvalue weighted by Gasteiger charge is -2.31. The van der Waals surface area contributed by atoms with Crippen LogP contribution in [0.2, 0.25) is 0 Å². The van der Waals surface area contributed by atoms with E-state index in [-0.39, 0.29) is 18.4 Å². The zero-order valence-corrected chi connectivity index (χ0v) is 18.0. The SMILES string of the molecule is COc1ccc(-c2noc(CNC(=O)C3CCN(Cc4ccccc4C)CC3)n2)cc1. The third-order valence-electron chi connectivity index (χ3n) is 5.84. The summed E-state index contributed by atoms with van der Waals surface area (Å²) in [5.41, 5.74) is 3.51. The summed E-state index contributed by atoms with van der Waals surface area (Å²) in [6.07, 6.45) is 1.72. The van der Waals surface area contributed by atoms with Crippen molar-refractivity contribution >= 4 is 5.91 Å². The summed E-state index contributed by atoms with van der Waals surface area (Å²) >= 11 is 0. The van der Waals surface area contributed by atoms with Gasteiger partial charge < -0.3 is 14.6 Å². The number of amides is 1. The Morgan fingerprint density at radius 1 is 1.16 bits per heavy atom. The van der Waals surface area contributed by atoms with Gasteiger partial charge in [0.2, 0.25) is 17.6 Å². The molecule has 0 spiro atoms. The molecule has 162 valence electrons. The molecule has 2 heterocycles. The average molecular weight is 421 g/mol. The number of ether oxygens (including phenoxy) is 1. The highest BCUT2D eigenvalue weighted by atomic mass is 16.5. The molecule has 0 bridgehead atoms. The summed E-state index contributed by atoms with van der Waals surface area (Å²) < 4.78 is 10.5. The Morgan fingerprint density at radius 3 is 2.61 bits per heavy atom. The minimum absolute atomic E-state index is 0.0251. The van der Waals surface area contributed by atoms with Gasteiger partial charge in [0.15, 0.2) is 0 Å². The van der Waals surface area contributed by atoms with E-state index in [2.05, 4.69) is 51.5 Å². The number of carbonyl (C=O) groups is 1. The van der Waals surface area contributed by atoms with Crippen LogP contribution in [0.1, 0.15) is 29.9 Å². The van der Waals surface area contributed by atoms with Crippen molar-refractivity contribution in [2.75, 3.05) is 20.2 Å². The molecule has 3 aromatic rings. The molecule has 1 saturated heterocycles. The van der Waals surface area contributed by atoms with Gasteiger partial charge >= 0.3 is 0 Å². The Morgan fingerprint density at radius 2 is 1.90 bits per heavy atom. The molecule has 1 aromatic heterocycles. The van der Waals surface area contributed by atoms with Gasteiger partial charge in [0.1, 0.15) is 5.75 Å². The van der Waals surface area contributed by atoms with Gasteiger partial charge in [-0.3, -0.25) is 9.69 Å². The Hall–Kier alpha value is -3.19. The van der Waals surface area contributed by atoms with E-state index >= 15 is 0 Å². The topological polar surface area (TPSA) is 80.5 Å². The Bertz CT molecular complexity index is 1010. The first kappa shape index (κ1) is 21.1. The van der Waals surface area contributed by atoms with Gasteiger partial charge in [0.25, 0.3) is 0 Å². The molecule has 0 aliphatic carbocycles. The highest BCUT2D eigenvalue weighted by Gasteiger charge is 2.25. The molecule has 31 heavy (non-hydrogen) atoms. The molecular formula is C24H28N4O3. The molecule has 1 amide bonds. The number of piperidine rings is 1. The maximum Gasteiger partial charge on any atom is 0.246 e. The van der Waals surface area contributed by atoms with Gasteiger partial charge in [0.05, 0.1) is 13.7 Å². The summed E-state index contributed by atoms with van der Waals surface area (Å²) in [4.78, 5) is 19.4. The van der Waals surface area contributed by atoms with E-state index in [1.54, 1.807) is 7.11 Å². The van der Waals surface area contributed by atoms with E-state index in [4.69, 9.17) is 9.26 Å². The molecule has 1 aliphatic heterocycles. The van der Waals surface area contributed by atoms with Crippen LogP contribution in [-0.2, 0) is 17.9 Å². The number of benzene rings is 2. The fraction of sp³-hybridized carbons (Fsp3) is 0.375. The van der Waals surface area contributed by atoms with Crippen LogP contribution in [-0.4, -0.2) is 41.1 Å². The second-order valence-electron chi connectivity index (χ2n) is 7.93. The van der Waals surface area contributed by atoms with E-state index in [0.717, 1.165) is 43.8 Å². The Labute approximate surface area is 182 Å². The molecule has 0 saturated carbocycles. The number of nitrogens with one attached hydrogen (secondary N) is 1. The summed E-state index contributed by atoms with van der Waals surface area (Å²) in [6, 6.07) is 15.9. The first-order chi connectivity index (χ1) is 15.1. The van der Waals surface area contributed by atoms with Crippen LogP contribution in [0.15, 0.2) is 53.1 Å². The van der Waals surface area contributed by atoms with Crippen molar-refractivity contribution in [3.8, 4) is 17.1 Å². The van der Waals surface area contributed by atoms with Crippen molar-refractivity contribution in [2.45, 2.75) is 32.9 Å². The van der Waals surface area contributed by atoms with Gasteiger partial charge in [-0.2, -0.15) is 4.98 Å². The highest BCUT2D eigenvalue weighted by molar-refractivity contribution is 5.78. The number of rotatable bonds is 7. The zero-order chi connectivity index (χ0) is 21.6. The average Bonchev–Trinajstić information content (AvgIpc) is 3.29. The van der Waals surface area contributed by atoms with Gasteiger partial charge in [-0.25, -0.2) is 0 Å². The molecular weight excluding hydrogens is 392 g/mol. The quantitative estimate of drug-likeness (QED) is 0.629. The number of aryl methyl sites for hydroxylation is 1. The van der Waals surface area contributed by atoms with Gasteiger partial charge in [0, 0.05) is 18.0 Å².